The van der Waals surface area contributed by atoms with Crippen LogP contribution in [0.4, 0.5) is 17.1 Å². The Hall–Kier alpha value is -6.96. The van der Waals surface area contributed by atoms with Gasteiger partial charge in [-0.3, -0.25) is 0 Å². The molecule has 12 rings (SSSR count). The van der Waals surface area contributed by atoms with Gasteiger partial charge in [0.2, 0.25) is 0 Å². The molecule has 0 aliphatic heterocycles. The molecule has 3 aliphatic rings. The Morgan fingerprint density at radius 3 is 1.40 bits per heavy atom. The minimum Gasteiger partial charge on any atom is -0.310 e. The molecule has 0 amide bonds. The van der Waals surface area contributed by atoms with E-state index in [0.29, 0.717) is 0 Å². The number of fused-ring (bicyclic) bond motifs is 13. The van der Waals surface area contributed by atoms with Crippen LogP contribution in [0.15, 0.2) is 188 Å². The first-order valence-electron chi connectivity index (χ1n) is 22.2. The topological polar surface area (TPSA) is 3.24 Å². The molecule has 1 heteroatoms. The second-order valence-corrected chi connectivity index (χ2v) is 19.0. The minimum absolute atomic E-state index is 0.135. The van der Waals surface area contributed by atoms with Gasteiger partial charge < -0.3 is 4.90 Å². The van der Waals surface area contributed by atoms with Crippen LogP contribution in [-0.4, -0.2) is 0 Å². The monoisotopic (exact) mass is 795 g/mol. The van der Waals surface area contributed by atoms with Crippen LogP contribution in [0, 0.1) is 13.8 Å². The van der Waals surface area contributed by atoms with E-state index >= 15 is 0 Å². The highest BCUT2D eigenvalue weighted by Gasteiger charge is 2.53. The van der Waals surface area contributed by atoms with Crippen molar-refractivity contribution in [3.63, 3.8) is 0 Å². The third-order valence-electron chi connectivity index (χ3n) is 14.9. The SMILES string of the molecule is Cc1cc(-c2ccc3ccccc3c2)cc(C)c1N(c1ccc2c(c1)C(C)(C)c1ccccc1-2)c1ccc2c(c1)C1(c3ccccc3-2)c2ccccc2C(C)(C)c2ccccc21. The summed E-state index contributed by atoms with van der Waals surface area (Å²) in [5, 5.41) is 2.52. The van der Waals surface area contributed by atoms with Crippen molar-refractivity contribution < 1.29 is 0 Å². The first-order chi connectivity index (χ1) is 30.1. The molecule has 0 N–H and O–H groups in total. The first kappa shape index (κ1) is 36.9. The van der Waals surface area contributed by atoms with Crippen LogP contribution >= 0.6 is 0 Å². The van der Waals surface area contributed by atoms with E-state index in [9.17, 15) is 0 Å². The normalized spacial score (nSPS) is 15.3. The largest absolute Gasteiger partial charge is 0.310 e. The third kappa shape index (κ3) is 4.91. The van der Waals surface area contributed by atoms with E-state index in [-0.39, 0.29) is 10.8 Å². The highest BCUT2D eigenvalue weighted by atomic mass is 15.1. The van der Waals surface area contributed by atoms with Gasteiger partial charge in [0.25, 0.3) is 0 Å². The van der Waals surface area contributed by atoms with Crippen LogP contribution in [0.1, 0.15) is 83.3 Å². The van der Waals surface area contributed by atoms with Crippen LogP contribution in [0.25, 0.3) is 44.2 Å². The number of anilines is 3. The molecule has 298 valence electrons. The zero-order valence-electron chi connectivity index (χ0n) is 36.3. The van der Waals surface area contributed by atoms with Gasteiger partial charge in [-0.05, 0) is 156 Å². The second-order valence-electron chi connectivity index (χ2n) is 19.0. The number of hydrogen-bond donors (Lipinski definition) is 0. The molecule has 0 unspecified atom stereocenters. The summed E-state index contributed by atoms with van der Waals surface area (Å²) in [6.45, 7) is 14.2. The van der Waals surface area contributed by atoms with Crippen molar-refractivity contribution in [2.45, 2.75) is 57.8 Å². The molecule has 62 heavy (non-hydrogen) atoms. The molecule has 9 aromatic carbocycles. The van der Waals surface area contributed by atoms with Crippen molar-refractivity contribution in [3.8, 4) is 33.4 Å². The molecule has 0 bridgehead atoms. The van der Waals surface area contributed by atoms with E-state index in [4.69, 9.17) is 0 Å². The Balaban J connectivity index is 1.12. The van der Waals surface area contributed by atoms with Crippen LogP contribution in [0.5, 0.6) is 0 Å². The number of nitrogens with zero attached hydrogens (tertiary/aromatic N) is 1. The van der Waals surface area contributed by atoms with E-state index in [2.05, 4.69) is 234 Å². The van der Waals surface area contributed by atoms with Gasteiger partial charge in [-0.2, -0.15) is 0 Å². The minimum atomic E-state index is -0.484. The van der Waals surface area contributed by atoms with Crippen molar-refractivity contribution in [2.75, 3.05) is 4.90 Å². The molecule has 1 nitrogen and oxygen atoms in total. The van der Waals surface area contributed by atoms with Gasteiger partial charge in [0.15, 0.2) is 0 Å². The molecule has 0 saturated carbocycles. The fourth-order valence-corrected chi connectivity index (χ4v) is 12.1. The van der Waals surface area contributed by atoms with E-state index in [1.807, 2.05) is 0 Å². The summed E-state index contributed by atoms with van der Waals surface area (Å²) in [7, 11) is 0. The Morgan fingerprint density at radius 1 is 0.323 bits per heavy atom. The Morgan fingerprint density at radius 2 is 0.774 bits per heavy atom. The third-order valence-corrected chi connectivity index (χ3v) is 14.9. The van der Waals surface area contributed by atoms with Gasteiger partial charge in [0, 0.05) is 22.2 Å². The maximum Gasteiger partial charge on any atom is 0.0720 e. The first-order valence-corrected chi connectivity index (χ1v) is 22.2. The molecule has 1 spiro atoms. The lowest BCUT2D eigenvalue weighted by Gasteiger charge is -2.46. The Bertz CT molecular complexity index is 3270. The summed E-state index contributed by atoms with van der Waals surface area (Å²) >= 11 is 0. The zero-order chi connectivity index (χ0) is 42.1. The number of aryl methyl sites for hydroxylation is 2. The van der Waals surface area contributed by atoms with Gasteiger partial charge in [-0.25, -0.2) is 0 Å². The quantitative estimate of drug-likeness (QED) is 0.171. The van der Waals surface area contributed by atoms with E-state index in [1.165, 1.54) is 111 Å². The average Bonchev–Trinajstić information content (AvgIpc) is 3.71. The van der Waals surface area contributed by atoms with Crippen molar-refractivity contribution in [2.24, 2.45) is 0 Å². The lowest BCUT2D eigenvalue weighted by molar-refractivity contribution is 0.563. The maximum atomic E-state index is 2.57. The summed E-state index contributed by atoms with van der Waals surface area (Å²) in [5.41, 5.74) is 24.0. The van der Waals surface area contributed by atoms with E-state index in [1.54, 1.807) is 0 Å². The highest BCUT2D eigenvalue weighted by Crippen LogP contribution is 2.63. The molecule has 0 fully saturated rings. The molecular weight excluding hydrogens is 747 g/mol. The highest BCUT2D eigenvalue weighted by molar-refractivity contribution is 5.94. The molecular formula is C61H49N. The van der Waals surface area contributed by atoms with Gasteiger partial charge >= 0.3 is 0 Å². The molecule has 0 heterocycles. The molecule has 3 aliphatic carbocycles. The van der Waals surface area contributed by atoms with Crippen molar-refractivity contribution >= 4 is 27.8 Å². The van der Waals surface area contributed by atoms with Crippen LogP contribution in [0.2, 0.25) is 0 Å². The fourth-order valence-electron chi connectivity index (χ4n) is 12.1. The van der Waals surface area contributed by atoms with Gasteiger partial charge in [-0.15, -0.1) is 0 Å². The van der Waals surface area contributed by atoms with Gasteiger partial charge in [0.1, 0.15) is 0 Å². The molecule has 9 aromatic rings. The van der Waals surface area contributed by atoms with E-state index < -0.39 is 5.41 Å². The lowest BCUT2D eigenvalue weighted by atomic mass is 9.55. The predicted molar refractivity (Wildman–Crippen MR) is 261 cm³/mol. The Kier molecular flexibility index (Phi) is 7.74. The van der Waals surface area contributed by atoms with Crippen LogP contribution in [-0.2, 0) is 16.2 Å². The maximum absolute atomic E-state index is 2.57. The summed E-state index contributed by atoms with van der Waals surface area (Å²) < 4.78 is 0. The molecule has 0 radical (unpaired) electrons. The van der Waals surface area contributed by atoms with Crippen molar-refractivity contribution in [3.05, 3.63) is 244 Å². The summed E-state index contributed by atoms with van der Waals surface area (Å²) in [5.74, 6) is 0. The second kappa shape index (κ2) is 13.0. The van der Waals surface area contributed by atoms with Crippen molar-refractivity contribution in [1.82, 2.24) is 0 Å². The fraction of sp³-hybridized carbons (Fsp3) is 0.148. The van der Waals surface area contributed by atoms with Crippen molar-refractivity contribution in [1.29, 1.82) is 0 Å². The predicted octanol–water partition coefficient (Wildman–Crippen LogP) is 15.9. The smallest absolute Gasteiger partial charge is 0.0720 e. The van der Waals surface area contributed by atoms with Gasteiger partial charge in [-0.1, -0.05) is 173 Å². The van der Waals surface area contributed by atoms with Crippen LogP contribution < -0.4 is 4.90 Å². The average molecular weight is 796 g/mol. The van der Waals surface area contributed by atoms with Crippen LogP contribution in [0.3, 0.4) is 0 Å². The van der Waals surface area contributed by atoms with Gasteiger partial charge in [0.05, 0.1) is 11.1 Å². The summed E-state index contributed by atoms with van der Waals surface area (Å²) in [4.78, 5) is 2.57. The summed E-state index contributed by atoms with van der Waals surface area (Å²) in [6.07, 6.45) is 0. The molecule has 0 atom stereocenters. The van der Waals surface area contributed by atoms with E-state index in [0.717, 1.165) is 5.69 Å². The standard InChI is InChI=1S/C61H49N/c1-38-33-43(42-28-27-40-17-7-8-18-41(40)35-42)34-39(2)58(38)62(44-29-31-48-46-19-9-11-21-50(46)59(3,4)56(48)36-44)45-30-32-49-47-20-10-12-22-51(47)61(57(49)37-45)54-25-15-13-23-52(54)60(5,6)53-24-14-16-26-55(53)61/h7-37H,1-6H3. The molecule has 0 aromatic heterocycles. The zero-order valence-corrected chi connectivity index (χ0v) is 36.3. The number of hydrogen-bond acceptors (Lipinski definition) is 1. The lowest BCUT2D eigenvalue weighted by Crippen LogP contribution is -2.40. The molecule has 0 saturated heterocycles. The Labute approximate surface area is 366 Å². The number of benzene rings is 9. The number of rotatable bonds is 4. The summed E-state index contributed by atoms with van der Waals surface area (Å²) in [6, 6.07) is 71.5.